The smallest absolute Gasteiger partial charge is 0.258 e. The third kappa shape index (κ3) is 4.26. The molecule has 178 valence electrons. The van der Waals surface area contributed by atoms with Gasteiger partial charge in [-0.25, -0.2) is 14.4 Å². The molecule has 34 heavy (non-hydrogen) atoms. The average molecular weight is 465 g/mol. The highest BCUT2D eigenvalue weighted by Crippen LogP contribution is 2.35. The summed E-state index contributed by atoms with van der Waals surface area (Å²) in [5.74, 6) is 0.465. The Balaban J connectivity index is 1.99. The van der Waals surface area contributed by atoms with E-state index in [1.165, 1.54) is 18.3 Å². The van der Waals surface area contributed by atoms with Crippen LogP contribution in [0.5, 0.6) is 5.88 Å². The molecular weight excluding hydrogens is 435 g/mol. The number of rotatable bonds is 2. The third-order valence-corrected chi connectivity index (χ3v) is 6.11. The van der Waals surface area contributed by atoms with Crippen molar-refractivity contribution in [3.63, 3.8) is 0 Å². The molecule has 0 aliphatic carbocycles. The first-order chi connectivity index (χ1) is 16.2. The molecule has 0 amide bonds. The number of benzene rings is 1. The Hall–Kier alpha value is -3.71. The van der Waals surface area contributed by atoms with Gasteiger partial charge in [0.1, 0.15) is 17.8 Å². The van der Waals surface area contributed by atoms with Crippen molar-refractivity contribution in [1.29, 1.82) is 5.26 Å². The lowest BCUT2D eigenvalue weighted by Gasteiger charge is -2.39. The molecule has 2 aromatic rings. The molecule has 0 fully saturated rings. The number of nitrogens with zero attached hydrogens (tertiary/aromatic N) is 6. The van der Waals surface area contributed by atoms with E-state index in [1.54, 1.807) is 13.0 Å². The van der Waals surface area contributed by atoms with Crippen LogP contribution < -0.4 is 15.8 Å². The number of nitrogens with one attached hydrogen (secondary N) is 1. The van der Waals surface area contributed by atoms with Crippen molar-refractivity contribution in [3.05, 3.63) is 47.0 Å². The number of nitriles is 1. The van der Waals surface area contributed by atoms with Crippen molar-refractivity contribution in [1.82, 2.24) is 19.8 Å². The topological polar surface area (TPSA) is 116 Å². The fourth-order valence-corrected chi connectivity index (χ4v) is 4.28. The summed E-state index contributed by atoms with van der Waals surface area (Å²) in [6.45, 7) is 3.85. The molecule has 9 nitrogen and oxygen atoms in total. The van der Waals surface area contributed by atoms with Crippen molar-refractivity contribution in [2.45, 2.75) is 45.1 Å². The van der Waals surface area contributed by atoms with Gasteiger partial charge in [0.05, 0.1) is 29.6 Å². The number of hydrogen-bond acceptors (Lipinski definition) is 9. The monoisotopic (exact) mass is 464 g/mol. The molecule has 3 heterocycles. The van der Waals surface area contributed by atoms with Crippen LogP contribution >= 0.6 is 0 Å². The van der Waals surface area contributed by atoms with Crippen LogP contribution in [0.15, 0.2) is 35.0 Å². The van der Waals surface area contributed by atoms with Crippen LogP contribution in [0.1, 0.15) is 44.1 Å². The number of halogens is 1. The largest absolute Gasteiger partial charge is 0.467 e. The Morgan fingerprint density at radius 3 is 2.82 bits per heavy atom. The minimum Gasteiger partial charge on any atom is -0.467 e. The van der Waals surface area contributed by atoms with Gasteiger partial charge in [0.15, 0.2) is 12.1 Å². The number of fused-ring (bicyclic) bond motifs is 5. The summed E-state index contributed by atoms with van der Waals surface area (Å²) in [6, 6.07) is 6.83. The molecule has 0 saturated heterocycles. The first kappa shape index (κ1) is 23.4. The van der Waals surface area contributed by atoms with E-state index < -0.39 is 6.10 Å². The fourth-order valence-electron chi connectivity index (χ4n) is 4.28. The molecule has 1 aromatic heterocycles. The number of nitrogens with two attached hydrogens (primary N) is 1. The third-order valence-electron chi connectivity index (χ3n) is 6.11. The van der Waals surface area contributed by atoms with Crippen LogP contribution in [0.2, 0.25) is 0 Å². The van der Waals surface area contributed by atoms with E-state index in [4.69, 9.17) is 15.5 Å². The summed E-state index contributed by atoms with van der Waals surface area (Å²) >= 11 is 0. The normalized spacial score (nSPS) is 22.4. The second-order valence-corrected chi connectivity index (χ2v) is 8.71. The van der Waals surface area contributed by atoms with Gasteiger partial charge < -0.3 is 20.7 Å². The van der Waals surface area contributed by atoms with Crippen LogP contribution in [0.3, 0.4) is 0 Å². The van der Waals surface area contributed by atoms with Crippen LogP contribution in [-0.4, -0.2) is 59.1 Å². The van der Waals surface area contributed by atoms with E-state index in [0.717, 1.165) is 6.42 Å². The number of nitrogen functional groups attached to an aromatic ring is 1. The summed E-state index contributed by atoms with van der Waals surface area (Å²) in [5, 5.41) is 13.5. The molecule has 2 aliphatic heterocycles. The Morgan fingerprint density at radius 2 is 2.15 bits per heavy atom. The predicted octanol–water partition coefficient (Wildman–Crippen LogP) is 3.40. The van der Waals surface area contributed by atoms with E-state index in [-0.39, 0.29) is 29.8 Å². The average Bonchev–Trinajstić information content (AvgIpc) is 2.82. The number of aliphatic imine (C=N–C) groups is 1. The maximum atomic E-state index is 14.2. The zero-order chi connectivity index (χ0) is 24.6. The van der Waals surface area contributed by atoms with Gasteiger partial charge in [-0.05, 0) is 45.6 Å². The van der Waals surface area contributed by atoms with Gasteiger partial charge in [0.25, 0.3) is 5.88 Å². The van der Waals surface area contributed by atoms with Gasteiger partial charge in [0, 0.05) is 30.3 Å². The Morgan fingerprint density at radius 1 is 1.38 bits per heavy atom. The first-order valence-electron chi connectivity index (χ1n) is 11.2. The highest BCUT2D eigenvalue weighted by Gasteiger charge is 2.33. The molecule has 0 radical (unpaired) electrons. The zero-order valence-electron chi connectivity index (χ0n) is 20.0. The summed E-state index contributed by atoms with van der Waals surface area (Å²) < 4.78 is 20.3. The Kier molecular flexibility index (Phi) is 6.39. The van der Waals surface area contributed by atoms with Crippen molar-refractivity contribution >= 4 is 22.9 Å². The standard InChI is InChI=1S/C24H29FN8O/c1-6-16-9-14(11-26)20-19-12-28-21(27)23(30-19)34-13(2)17-10-15(25)7-8-18(17)31-24(32(3)4)33(5)22(20)29-16/h7-8,10,12-13,16,24,31H,6,9H2,1-5H3,(H2,27,28). The molecule has 2 bridgehead atoms. The van der Waals surface area contributed by atoms with Gasteiger partial charge >= 0.3 is 0 Å². The zero-order valence-corrected chi connectivity index (χ0v) is 20.0. The molecule has 3 unspecified atom stereocenters. The maximum Gasteiger partial charge on any atom is 0.258 e. The minimum absolute atomic E-state index is 0.0366. The van der Waals surface area contributed by atoms with Crippen LogP contribution in [0.25, 0.3) is 5.57 Å². The highest BCUT2D eigenvalue weighted by atomic mass is 19.1. The molecule has 0 saturated carbocycles. The van der Waals surface area contributed by atoms with E-state index in [9.17, 15) is 9.65 Å². The molecule has 10 heteroatoms. The Bertz CT molecular complexity index is 1200. The summed E-state index contributed by atoms with van der Waals surface area (Å²) in [7, 11) is 5.77. The predicted molar refractivity (Wildman–Crippen MR) is 129 cm³/mol. The SMILES string of the molecule is CCC1CC(C#N)=C2C(=N1)N(C)C(N(C)C)Nc1ccc(F)cc1C(C)Oc1nc2cnc1N. The van der Waals surface area contributed by atoms with Crippen molar-refractivity contribution in [2.24, 2.45) is 4.99 Å². The highest BCUT2D eigenvalue weighted by molar-refractivity contribution is 6.24. The summed E-state index contributed by atoms with van der Waals surface area (Å²) in [5.41, 5.74) is 9.02. The minimum atomic E-state index is -0.578. The van der Waals surface area contributed by atoms with Crippen LogP contribution in [-0.2, 0) is 0 Å². The lowest BCUT2D eigenvalue weighted by Crippen LogP contribution is -2.52. The van der Waals surface area contributed by atoms with Gasteiger partial charge in [-0.1, -0.05) is 6.92 Å². The number of likely N-dealkylation sites (N-methyl/N-ethyl adjacent to an activating group) is 1. The molecule has 1 aromatic carbocycles. The first-order valence-corrected chi connectivity index (χ1v) is 11.2. The van der Waals surface area contributed by atoms with Gasteiger partial charge in [-0.15, -0.1) is 0 Å². The van der Waals surface area contributed by atoms with Gasteiger partial charge in [0.2, 0.25) is 0 Å². The number of ether oxygens (including phenoxy) is 1. The van der Waals surface area contributed by atoms with Crippen molar-refractivity contribution < 1.29 is 9.13 Å². The second-order valence-electron chi connectivity index (χ2n) is 8.71. The lowest BCUT2D eigenvalue weighted by molar-refractivity contribution is 0.191. The molecule has 3 N–H and O–H groups in total. The second kappa shape index (κ2) is 9.27. The van der Waals surface area contributed by atoms with Gasteiger partial charge in [-0.2, -0.15) is 5.26 Å². The van der Waals surface area contributed by atoms with Crippen LogP contribution in [0.4, 0.5) is 15.9 Å². The van der Waals surface area contributed by atoms with E-state index in [0.29, 0.717) is 40.3 Å². The molecule has 3 atom stereocenters. The Labute approximate surface area is 198 Å². The molecule has 0 spiro atoms. The quantitative estimate of drug-likeness (QED) is 0.695. The van der Waals surface area contributed by atoms with Crippen molar-refractivity contribution in [2.75, 3.05) is 32.2 Å². The summed E-state index contributed by atoms with van der Waals surface area (Å²) in [6.07, 6.45) is 1.89. The molecule has 2 aliphatic rings. The van der Waals surface area contributed by atoms with Gasteiger partial charge in [-0.3, -0.25) is 9.89 Å². The number of hydrogen-bond donors (Lipinski definition) is 2. The van der Waals surface area contributed by atoms with E-state index in [1.807, 2.05) is 37.9 Å². The van der Waals surface area contributed by atoms with Crippen molar-refractivity contribution in [3.8, 4) is 11.9 Å². The van der Waals surface area contributed by atoms with E-state index in [2.05, 4.69) is 21.4 Å². The fraction of sp³-hybridized carbons (Fsp3) is 0.417. The molecule has 4 rings (SSSR count). The van der Waals surface area contributed by atoms with E-state index >= 15 is 0 Å². The number of dihydropyridines is 1. The maximum absolute atomic E-state index is 14.2. The van der Waals surface area contributed by atoms with Crippen LogP contribution in [0, 0.1) is 17.1 Å². The lowest BCUT2D eigenvalue weighted by atomic mass is 9.93. The number of amidine groups is 1. The number of anilines is 2. The number of aromatic nitrogens is 2. The molecular formula is C24H29FN8O. The summed E-state index contributed by atoms with van der Waals surface area (Å²) in [4.78, 5) is 17.9.